The minimum Gasteiger partial charge on any atom is -0.452 e. The van der Waals surface area contributed by atoms with Crippen molar-refractivity contribution in [1.29, 1.82) is 0 Å². The number of carbonyl (C=O) groups is 2. The molecule has 2 rings (SSSR count). The van der Waals surface area contributed by atoms with Crippen LogP contribution >= 0.6 is 0 Å². The van der Waals surface area contributed by atoms with E-state index in [1.807, 2.05) is 0 Å². The zero-order chi connectivity index (χ0) is 13.3. The van der Waals surface area contributed by atoms with Gasteiger partial charge in [-0.05, 0) is 19.8 Å². The van der Waals surface area contributed by atoms with Gasteiger partial charge in [0.05, 0.1) is 0 Å². The van der Waals surface area contributed by atoms with Gasteiger partial charge in [0.25, 0.3) is 5.91 Å². The average molecular weight is 256 g/mol. The van der Waals surface area contributed by atoms with Gasteiger partial charge in [-0.25, -0.2) is 0 Å². The molecule has 2 aliphatic rings. The maximum Gasteiger partial charge on any atom is 0.316 e. The molecular formula is C11H16N2O5. The van der Waals surface area contributed by atoms with Gasteiger partial charge >= 0.3 is 5.97 Å². The van der Waals surface area contributed by atoms with Gasteiger partial charge in [-0.2, -0.15) is 0 Å². The number of amides is 1. The Balaban J connectivity index is 1.80. The largest absolute Gasteiger partial charge is 0.452 e. The Labute approximate surface area is 104 Å². The number of esters is 1. The molecule has 1 saturated heterocycles. The van der Waals surface area contributed by atoms with Gasteiger partial charge in [-0.15, -0.1) is 0 Å². The van der Waals surface area contributed by atoms with Gasteiger partial charge in [0.1, 0.15) is 5.92 Å². The molecule has 1 saturated carbocycles. The Kier molecular flexibility index (Phi) is 3.49. The predicted octanol–water partition coefficient (Wildman–Crippen LogP) is 0.206. The molecule has 0 radical (unpaired) electrons. The summed E-state index contributed by atoms with van der Waals surface area (Å²) in [6.07, 6.45) is 1.32. The first-order valence-electron chi connectivity index (χ1n) is 6.13. The number of nitro groups is 1. The second-order valence-corrected chi connectivity index (χ2v) is 4.81. The van der Waals surface area contributed by atoms with E-state index in [0.29, 0.717) is 13.1 Å². The Morgan fingerprint density at radius 1 is 1.39 bits per heavy atom. The molecule has 3 unspecified atom stereocenters. The summed E-state index contributed by atoms with van der Waals surface area (Å²) in [6, 6.07) is -0.827. The molecule has 1 aliphatic carbocycles. The van der Waals surface area contributed by atoms with Gasteiger partial charge in [0.15, 0.2) is 6.10 Å². The van der Waals surface area contributed by atoms with Crippen molar-refractivity contribution < 1.29 is 19.2 Å². The fourth-order valence-electron chi connectivity index (χ4n) is 2.17. The van der Waals surface area contributed by atoms with Gasteiger partial charge in [-0.3, -0.25) is 19.7 Å². The molecule has 0 bridgehead atoms. The van der Waals surface area contributed by atoms with E-state index in [-0.39, 0.29) is 12.3 Å². The molecular weight excluding hydrogens is 240 g/mol. The van der Waals surface area contributed by atoms with Gasteiger partial charge in [-0.1, -0.05) is 0 Å². The minimum atomic E-state index is -0.844. The highest BCUT2D eigenvalue weighted by atomic mass is 16.6. The lowest BCUT2D eigenvalue weighted by Crippen LogP contribution is -2.38. The molecule has 0 aromatic carbocycles. The van der Waals surface area contributed by atoms with Crippen LogP contribution in [0.1, 0.15) is 26.2 Å². The average Bonchev–Trinajstić information content (AvgIpc) is 2.96. The zero-order valence-electron chi connectivity index (χ0n) is 10.2. The van der Waals surface area contributed by atoms with Crippen molar-refractivity contribution in [3.8, 4) is 0 Å². The molecule has 1 aliphatic heterocycles. The Hall–Kier alpha value is -1.66. The van der Waals surface area contributed by atoms with Crippen LogP contribution in [0.15, 0.2) is 0 Å². The summed E-state index contributed by atoms with van der Waals surface area (Å²) in [5.41, 5.74) is 0. The highest BCUT2D eigenvalue weighted by Gasteiger charge is 2.55. The third-order valence-electron chi connectivity index (χ3n) is 3.39. The molecule has 0 spiro atoms. The van der Waals surface area contributed by atoms with Crippen molar-refractivity contribution in [3.05, 3.63) is 10.1 Å². The second-order valence-electron chi connectivity index (χ2n) is 4.81. The van der Waals surface area contributed by atoms with Gasteiger partial charge < -0.3 is 9.64 Å². The maximum atomic E-state index is 11.9. The SMILES string of the molecule is CC(OC(=O)C1CC1[N+](=O)[O-])C(=O)N1CCCC1. The highest BCUT2D eigenvalue weighted by Crippen LogP contribution is 2.34. The van der Waals surface area contributed by atoms with E-state index in [9.17, 15) is 19.7 Å². The smallest absolute Gasteiger partial charge is 0.316 e. The summed E-state index contributed by atoms with van der Waals surface area (Å²) in [5.74, 6) is -1.51. The molecule has 0 N–H and O–H groups in total. The van der Waals surface area contributed by atoms with Crippen LogP contribution in [0.5, 0.6) is 0 Å². The molecule has 2 fully saturated rings. The topological polar surface area (TPSA) is 89.7 Å². The van der Waals surface area contributed by atoms with Crippen molar-refractivity contribution in [1.82, 2.24) is 4.90 Å². The number of hydrogen-bond acceptors (Lipinski definition) is 5. The van der Waals surface area contributed by atoms with Crippen LogP contribution < -0.4 is 0 Å². The molecule has 1 heterocycles. The lowest BCUT2D eigenvalue weighted by Gasteiger charge is -2.20. The van der Waals surface area contributed by atoms with Crippen molar-refractivity contribution in [3.63, 3.8) is 0 Å². The van der Waals surface area contributed by atoms with Crippen LogP contribution in [0, 0.1) is 16.0 Å². The molecule has 3 atom stereocenters. The summed E-state index contributed by atoms with van der Waals surface area (Å²) in [5, 5.41) is 10.4. The molecule has 1 amide bonds. The van der Waals surface area contributed by atoms with E-state index < -0.39 is 29.0 Å². The van der Waals surface area contributed by atoms with Gasteiger partial charge in [0, 0.05) is 24.4 Å². The normalized spacial score (nSPS) is 27.7. The van der Waals surface area contributed by atoms with Crippen LogP contribution in [0.2, 0.25) is 0 Å². The van der Waals surface area contributed by atoms with E-state index in [2.05, 4.69) is 0 Å². The first-order chi connectivity index (χ1) is 8.50. The minimum absolute atomic E-state index is 0.209. The lowest BCUT2D eigenvalue weighted by atomic mass is 10.3. The number of nitrogens with zero attached hydrogens (tertiary/aromatic N) is 2. The van der Waals surface area contributed by atoms with Crippen molar-refractivity contribution in [2.24, 2.45) is 5.92 Å². The first kappa shape index (κ1) is 12.8. The summed E-state index contributed by atoms with van der Waals surface area (Å²) in [7, 11) is 0. The maximum absolute atomic E-state index is 11.9. The van der Waals surface area contributed by atoms with Crippen molar-refractivity contribution >= 4 is 11.9 Å². The van der Waals surface area contributed by atoms with E-state index in [4.69, 9.17) is 4.74 Å². The number of ether oxygens (including phenoxy) is 1. The fourth-order valence-corrected chi connectivity index (χ4v) is 2.17. The van der Waals surface area contributed by atoms with Gasteiger partial charge in [0.2, 0.25) is 6.04 Å². The Morgan fingerprint density at radius 2 is 2.00 bits per heavy atom. The van der Waals surface area contributed by atoms with Crippen LogP contribution in [-0.2, 0) is 14.3 Å². The van der Waals surface area contributed by atoms with Crippen LogP contribution in [0.25, 0.3) is 0 Å². The molecule has 0 aromatic heterocycles. The van der Waals surface area contributed by atoms with Crippen molar-refractivity contribution in [2.45, 2.75) is 38.3 Å². The first-order valence-corrected chi connectivity index (χ1v) is 6.13. The predicted molar refractivity (Wildman–Crippen MR) is 60.3 cm³/mol. The molecule has 7 nitrogen and oxygen atoms in total. The van der Waals surface area contributed by atoms with E-state index >= 15 is 0 Å². The monoisotopic (exact) mass is 256 g/mol. The van der Waals surface area contributed by atoms with E-state index in [1.165, 1.54) is 6.92 Å². The summed E-state index contributed by atoms with van der Waals surface area (Å²) < 4.78 is 4.99. The highest BCUT2D eigenvalue weighted by molar-refractivity contribution is 5.85. The molecule has 7 heteroatoms. The fraction of sp³-hybridized carbons (Fsp3) is 0.818. The molecule has 18 heavy (non-hydrogen) atoms. The summed E-state index contributed by atoms with van der Waals surface area (Å²) in [6.45, 7) is 2.91. The Morgan fingerprint density at radius 3 is 2.50 bits per heavy atom. The van der Waals surface area contributed by atoms with E-state index in [1.54, 1.807) is 4.90 Å². The van der Waals surface area contributed by atoms with Crippen LogP contribution in [0.4, 0.5) is 0 Å². The Bertz CT molecular complexity index is 378. The van der Waals surface area contributed by atoms with Crippen molar-refractivity contribution in [2.75, 3.05) is 13.1 Å². The van der Waals surface area contributed by atoms with Crippen LogP contribution in [-0.4, -0.2) is 46.9 Å². The molecule has 0 aromatic rings. The zero-order valence-corrected chi connectivity index (χ0v) is 10.2. The molecule has 100 valence electrons. The second kappa shape index (κ2) is 4.91. The lowest BCUT2D eigenvalue weighted by molar-refractivity contribution is -0.497. The summed E-state index contributed by atoms with van der Waals surface area (Å²) >= 11 is 0. The quantitative estimate of drug-likeness (QED) is 0.407. The number of likely N-dealkylation sites (tertiary alicyclic amines) is 1. The van der Waals surface area contributed by atoms with E-state index in [0.717, 1.165) is 12.8 Å². The third-order valence-corrected chi connectivity index (χ3v) is 3.39. The number of rotatable bonds is 4. The number of carbonyl (C=O) groups excluding carboxylic acids is 2. The third kappa shape index (κ3) is 2.60. The van der Waals surface area contributed by atoms with Crippen LogP contribution in [0.3, 0.4) is 0 Å². The number of hydrogen-bond donors (Lipinski definition) is 0. The standard InChI is InChI=1S/C11H16N2O5/c1-7(10(14)12-4-2-3-5-12)18-11(15)8-6-9(8)13(16)17/h7-9H,2-6H2,1H3. The summed E-state index contributed by atoms with van der Waals surface area (Å²) in [4.78, 5) is 35.0.